The molecule has 0 saturated heterocycles. The summed E-state index contributed by atoms with van der Waals surface area (Å²) in [6, 6.07) is 8.19. The van der Waals surface area contributed by atoms with E-state index < -0.39 is 0 Å². The molecule has 3 aromatic rings. The fourth-order valence-electron chi connectivity index (χ4n) is 1.74. The van der Waals surface area contributed by atoms with Crippen LogP contribution < -0.4 is 4.74 Å². The van der Waals surface area contributed by atoms with Crippen molar-refractivity contribution in [2.75, 3.05) is 6.61 Å². The Morgan fingerprint density at radius 2 is 2.18 bits per heavy atom. The minimum atomic E-state index is 0.459. The van der Waals surface area contributed by atoms with Crippen LogP contribution in [0.1, 0.15) is 0 Å². The first kappa shape index (κ1) is 10.2. The second-order valence-corrected chi connectivity index (χ2v) is 4.61. The molecule has 2 aromatic heterocycles. The Morgan fingerprint density at radius 1 is 1.29 bits per heavy atom. The van der Waals surface area contributed by atoms with Gasteiger partial charge in [-0.05, 0) is 6.07 Å². The molecule has 2 heterocycles. The van der Waals surface area contributed by atoms with Gasteiger partial charge >= 0.3 is 0 Å². The Bertz CT molecular complexity index is 690. The van der Waals surface area contributed by atoms with Crippen LogP contribution in [0.25, 0.3) is 20.3 Å². The van der Waals surface area contributed by atoms with Gasteiger partial charge in [0.15, 0.2) is 0 Å². The van der Waals surface area contributed by atoms with Gasteiger partial charge in [-0.2, -0.15) is 0 Å². The quantitative estimate of drug-likeness (QED) is 0.660. The van der Waals surface area contributed by atoms with Crippen molar-refractivity contribution in [3.8, 4) is 5.88 Å². The summed E-state index contributed by atoms with van der Waals surface area (Å²) in [5.41, 5.74) is 0.958. The zero-order chi connectivity index (χ0) is 11.7. The van der Waals surface area contributed by atoms with Gasteiger partial charge in [0.05, 0.1) is 5.52 Å². The van der Waals surface area contributed by atoms with Gasteiger partial charge in [-0.1, -0.05) is 30.9 Å². The highest BCUT2D eigenvalue weighted by Gasteiger charge is 2.11. The number of nitrogens with zero attached hydrogens (tertiary/aromatic N) is 2. The van der Waals surface area contributed by atoms with E-state index in [0.717, 1.165) is 15.6 Å². The van der Waals surface area contributed by atoms with E-state index in [9.17, 15) is 0 Å². The smallest absolute Gasteiger partial charge is 0.235 e. The number of hydrogen-bond acceptors (Lipinski definition) is 4. The summed E-state index contributed by atoms with van der Waals surface area (Å²) in [5, 5.41) is 1.15. The summed E-state index contributed by atoms with van der Waals surface area (Å²) in [4.78, 5) is 8.50. The molecule has 0 spiro atoms. The van der Waals surface area contributed by atoms with Crippen LogP contribution in [0.5, 0.6) is 5.88 Å². The molecular weight excluding hydrogens is 232 g/mol. The maximum absolute atomic E-state index is 5.54. The molecule has 4 heteroatoms. The number of hydrogen-bond donors (Lipinski definition) is 0. The lowest BCUT2D eigenvalue weighted by Crippen LogP contribution is -1.95. The van der Waals surface area contributed by atoms with Gasteiger partial charge in [0.2, 0.25) is 5.88 Å². The fourth-order valence-corrected chi connectivity index (χ4v) is 2.84. The molecule has 0 radical (unpaired) electrons. The summed E-state index contributed by atoms with van der Waals surface area (Å²) in [5.74, 6) is 0.635. The van der Waals surface area contributed by atoms with Crippen LogP contribution in [0.4, 0.5) is 0 Å². The molecule has 17 heavy (non-hydrogen) atoms. The molecule has 0 saturated carbocycles. The summed E-state index contributed by atoms with van der Waals surface area (Å²) in [6.07, 6.45) is 3.25. The van der Waals surface area contributed by atoms with E-state index in [-0.39, 0.29) is 0 Å². The van der Waals surface area contributed by atoms with Crippen molar-refractivity contribution in [3.05, 3.63) is 43.2 Å². The highest BCUT2D eigenvalue weighted by atomic mass is 32.1. The molecule has 0 fully saturated rings. The van der Waals surface area contributed by atoms with Crippen LogP contribution in [0.3, 0.4) is 0 Å². The van der Waals surface area contributed by atoms with Gasteiger partial charge < -0.3 is 4.74 Å². The summed E-state index contributed by atoms with van der Waals surface area (Å²) >= 11 is 1.65. The van der Waals surface area contributed by atoms with E-state index in [0.29, 0.717) is 12.5 Å². The largest absolute Gasteiger partial charge is 0.472 e. The zero-order valence-corrected chi connectivity index (χ0v) is 9.91. The number of thiophene rings is 1. The molecule has 1 aromatic carbocycles. The van der Waals surface area contributed by atoms with E-state index in [1.807, 2.05) is 12.1 Å². The number of benzene rings is 1. The van der Waals surface area contributed by atoms with Crippen molar-refractivity contribution in [2.24, 2.45) is 0 Å². The van der Waals surface area contributed by atoms with Gasteiger partial charge in [-0.25, -0.2) is 9.97 Å². The van der Waals surface area contributed by atoms with Crippen molar-refractivity contribution >= 4 is 31.6 Å². The highest BCUT2D eigenvalue weighted by molar-refractivity contribution is 7.26. The van der Waals surface area contributed by atoms with Crippen molar-refractivity contribution < 1.29 is 4.74 Å². The van der Waals surface area contributed by atoms with Gasteiger partial charge in [-0.15, -0.1) is 11.3 Å². The maximum atomic E-state index is 5.54. The van der Waals surface area contributed by atoms with Crippen LogP contribution in [0.15, 0.2) is 43.2 Å². The molecule has 3 nitrogen and oxygen atoms in total. The third-order valence-corrected chi connectivity index (χ3v) is 3.61. The lowest BCUT2D eigenvalue weighted by Gasteiger charge is -2.01. The molecule has 84 valence electrons. The van der Waals surface area contributed by atoms with Crippen LogP contribution in [-0.2, 0) is 0 Å². The van der Waals surface area contributed by atoms with E-state index in [4.69, 9.17) is 4.74 Å². The van der Waals surface area contributed by atoms with Gasteiger partial charge in [0, 0.05) is 10.1 Å². The van der Waals surface area contributed by atoms with Gasteiger partial charge in [0.25, 0.3) is 0 Å². The Balaban J connectivity index is 2.27. The number of fused-ring (bicyclic) bond motifs is 3. The number of rotatable bonds is 3. The normalized spacial score (nSPS) is 10.8. The molecule has 0 aliphatic carbocycles. The molecule has 0 atom stereocenters. The lowest BCUT2D eigenvalue weighted by atomic mass is 10.2. The number of ether oxygens (including phenoxy) is 1. The average Bonchev–Trinajstić information content (AvgIpc) is 2.75. The van der Waals surface area contributed by atoms with Gasteiger partial charge in [0.1, 0.15) is 17.6 Å². The van der Waals surface area contributed by atoms with Crippen LogP contribution >= 0.6 is 11.3 Å². The monoisotopic (exact) mass is 242 g/mol. The molecule has 0 amide bonds. The molecule has 0 aliphatic rings. The Kier molecular flexibility index (Phi) is 2.49. The second kappa shape index (κ2) is 4.14. The molecule has 0 aliphatic heterocycles. The fraction of sp³-hybridized carbons (Fsp3) is 0.0769. The van der Waals surface area contributed by atoms with E-state index >= 15 is 0 Å². The van der Waals surface area contributed by atoms with Crippen molar-refractivity contribution in [1.82, 2.24) is 9.97 Å². The Hall–Kier alpha value is -1.94. The predicted octanol–water partition coefficient (Wildman–Crippen LogP) is 3.41. The minimum Gasteiger partial charge on any atom is -0.472 e. The van der Waals surface area contributed by atoms with Gasteiger partial charge in [-0.3, -0.25) is 0 Å². The summed E-state index contributed by atoms with van der Waals surface area (Å²) in [7, 11) is 0. The SMILES string of the molecule is C=CCOc1ncnc2c1sc1ccccc12. The predicted molar refractivity (Wildman–Crippen MR) is 70.6 cm³/mol. The van der Waals surface area contributed by atoms with Crippen molar-refractivity contribution in [3.63, 3.8) is 0 Å². The molecule has 0 bridgehead atoms. The standard InChI is InChI=1S/C13H10N2OS/c1-2-7-16-13-12-11(14-8-15-13)9-5-3-4-6-10(9)17-12/h2-6,8H,1,7H2. The number of aromatic nitrogens is 2. The first-order valence-electron chi connectivity index (χ1n) is 5.26. The summed E-state index contributed by atoms with van der Waals surface area (Å²) in [6.45, 7) is 4.09. The minimum absolute atomic E-state index is 0.459. The van der Waals surface area contributed by atoms with E-state index in [2.05, 4.69) is 28.7 Å². The molecule has 0 N–H and O–H groups in total. The Labute approximate surface area is 102 Å². The van der Waals surface area contributed by atoms with E-state index in [1.54, 1.807) is 23.7 Å². The molecular formula is C13H10N2OS. The Morgan fingerprint density at radius 3 is 3.06 bits per heavy atom. The second-order valence-electron chi connectivity index (χ2n) is 3.55. The van der Waals surface area contributed by atoms with Crippen LogP contribution in [0.2, 0.25) is 0 Å². The third-order valence-electron chi connectivity index (χ3n) is 2.46. The average molecular weight is 242 g/mol. The lowest BCUT2D eigenvalue weighted by molar-refractivity contribution is 0.353. The van der Waals surface area contributed by atoms with Crippen LogP contribution in [-0.4, -0.2) is 16.6 Å². The van der Waals surface area contributed by atoms with Crippen molar-refractivity contribution in [1.29, 1.82) is 0 Å². The first-order valence-corrected chi connectivity index (χ1v) is 6.08. The maximum Gasteiger partial charge on any atom is 0.235 e. The zero-order valence-electron chi connectivity index (χ0n) is 9.09. The summed E-state index contributed by atoms with van der Waals surface area (Å²) < 4.78 is 7.74. The molecule has 3 rings (SSSR count). The molecule has 0 unspecified atom stereocenters. The topological polar surface area (TPSA) is 35.0 Å². The van der Waals surface area contributed by atoms with Crippen LogP contribution in [0, 0.1) is 0 Å². The van der Waals surface area contributed by atoms with E-state index in [1.165, 1.54) is 4.70 Å². The highest BCUT2D eigenvalue weighted by Crippen LogP contribution is 2.36. The van der Waals surface area contributed by atoms with Crippen molar-refractivity contribution in [2.45, 2.75) is 0 Å². The first-order chi connectivity index (χ1) is 8.40. The third kappa shape index (κ3) is 1.66.